The van der Waals surface area contributed by atoms with Crippen LogP contribution in [-0.2, 0) is 4.79 Å². The zero-order valence-corrected chi connectivity index (χ0v) is 6.93. The first kappa shape index (κ1) is 9.98. The fourth-order valence-electron chi connectivity index (χ4n) is 0.429. The highest BCUT2D eigenvalue weighted by atomic mass is 35.5. The topological polar surface area (TPSA) is 37.3 Å². The molecule has 60 valence electrons. The molecule has 0 aromatic heterocycles. The van der Waals surface area contributed by atoms with Gasteiger partial charge in [0.15, 0.2) is 0 Å². The molecule has 0 amide bonds. The Kier molecular flexibility index (Phi) is 4.30. The molecule has 3 heteroatoms. The Morgan fingerprint density at radius 2 is 2.18 bits per heavy atom. The maximum atomic E-state index is 10.3. The predicted molar refractivity (Wildman–Crippen MR) is 45.5 cm³/mol. The Hall–Kier alpha value is -1.02. The lowest BCUT2D eigenvalue weighted by atomic mass is 10.3. The van der Waals surface area contributed by atoms with Crippen molar-refractivity contribution in [2.45, 2.75) is 6.92 Å². The minimum atomic E-state index is -0.972. The first-order valence-electron chi connectivity index (χ1n) is 2.97. The van der Waals surface area contributed by atoms with Crippen LogP contribution in [0.1, 0.15) is 6.92 Å². The second-order valence-electron chi connectivity index (χ2n) is 1.92. The second kappa shape index (κ2) is 4.74. The maximum absolute atomic E-state index is 10.3. The SMILES string of the molecule is C=CC=C(Cl)C=C(C)C(=O)O. The van der Waals surface area contributed by atoms with E-state index in [0.29, 0.717) is 5.03 Å². The Morgan fingerprint density at radius 1 is 1.64 bits per heavy atom. The fourth-order valence-corrected chi connectivity index (χ4v) is 0.682. The van der Waals surface area contributed by atoms with E-state index in [9.17, 15) is 4.79 Å². The Morgan fingerprint density at radius 3 is 2.55 bits per heavy atom. The number of carbonyl (C=O) groups is 1. The lowest BCUT2D eigenvalue weighted by Crippen LogP contribution is -1.95. The van der Waals surface area contributed by atoms with Gasteiger partial charge in [0, 0.05) is 10.6 Å². The summed E-state index contributed by atoms with van der Waals surface area (Å²) in [4.78, 5) is 10.3. The van der Waals surface area contributed by atoms with Gasteiger partial charge in [0.2, 0.25) is 0 Å². The molecule has 11 heavy (non-hydrogen) atoms. The lowest BCUT2D eigenvalue weighted by molar-refractivity contribution is -0.132. The number of hydrogen-bond acceptors (Lipinski definition) is 1. The number of carboxylic acid groups (broad SMARTS) is 1. The summed E-state index contributed by atoms with van der Waals surface area (Å²) in [5.41, 5.74) is 0.202. The van der Waals surface area contributed by atoms with E-state index in [2.05, 4.69) is 6.58 Å². The normalized spacial score (nSPS) is 12.9. The summed E-state index contributed by atoms with van der Waals surface area (Å²) in [6, 6.07) is 0. The van der Waals surface area contributed by atoms with Crippen LogP contribution in [0.4, 0.5) is 0 Å². The van der Waals surface area contributed by atoms with Crippen molar-refractivity contribution in [1.82, 2.24) is 0 Å². The fraction of sp³-hybridized carbons (Fsp3) is 0.125. The highest BCUT2D eigenvalue weighted by molar-refractivity contribution is 6.31. The molecule has 0 aromatic rings. The van der Waals surface area contributed by atoms with Crippen LogP contribution in [0, 0.1) is 0 Å². The monoisotopic (exact) mass is 172 g/mol. The molecule has 0 saturated heterocycles. The van der Waals surface area contributed by atoms with Crippen molar-refractivity contribution in [3.63, 3.8) is 0 Å². The van der Waals surface area contributed by atoms with Crippen LogP contribution in [0.5, 0.6) is 0 Å². The highest BCUT2D eigenvalue weighted by Crippen LogP contribution is 2.06. The van der Waals surface area contributed by atoms with Crippen molar-refractivity contribution in [2.75, 3.05) is 0 Å². The van der Waals surface area contributed by atoms with E-state index in [1.807, 2.05) is 0 Å². The van der Waals surface area contributed by atoms with E-state index < -0.39 is 5.97 Å². The van der Waals surface area contributed by atoms with E-state index in [1.54, 1.807) is 0 Å². The smallest absolute Gasteiger partial charge is 0.331 e. The molecule has 0 spiro atoms. The van der Waals surface area contributed by atoms with Crippen molar-refractivity contribution in [3.8, 4) is 0 Å². The molecule has 0 bridgehead atoms. The summed E-state index contributed by atoms with van der Waals surface area (Å²) in [5.74, 6) is -0.972. The lowest BCUT2D eigenvalue weighted by Gasteiger charge is -1.90. The summed E-state index contributed by atoms with van der Waals surface area (Å²) in [5, 5.41) is 8.78. The molecule has 0 saturated carbocycles. The third kappa shape index (κ3) is 4.39. The second-order valence-corrected chi connectivity index (χ2v) is 2.36. The van der Waals surface area contributed by atoms with Crippen LogP contribution in [-0.4, -0.2) is 11.1 Å². The Labute approximate surface area is 70.5 Å². The van der Waals surface area contributed by atoms with Gasteiger partial charge in [-0.25, -0.2) is 4.79 Å². The van der Waals surface area contributed by atoms with E-state index in [1.165, 1.54) is 25.2 Å². The third-order valence-corrected chi connectivity index (χ3v) is 1.20. The highest BCUT2D eigenvalue weighted by Gasteiger charge is 1.98. The van der Waals surface area contributed by atoms with Gasteiger partial charge in [-0.1, -0.05) is 24.3 Å². The van der Waals surface area contributed by atoms with E-state index in [-0.39, 0.29) is 5.57 Å². The summed E-state index contributed by atoms with van der Waals surface area (Å²) >= 11 is 5.57. The molecule has 0 heterocycles. The Bertz CT molecular complexity index is 226. The average Bonchev–Trinajstić information content (AvgIpc) is 1.87. The van der Waals surface area contributed by atoms with Gasteiger partial charge in [-0.2, -0.15) is 0 Å². The van der Waals surface area contributed by atoms with E-state index >= 15 is 0 Å². The standard InChI is InChI=1S/C8H9ClO2/c1-3-4-7(9)5-6(2)8(10)11/h3-5H,1H2,2H3,(H,10,11). The minimum Gasteiger partial charge on any atom is -0.478 e. The van der Waals surface area contributed by atoms with Crippen LogP contribution >= 0.6 is 11.6 Å². The van der Waals surface area contributed by atoms with Gasteiger partial charge in [-0.05, 0) is 19.1 Å². The van der Waals surface area contributed by atoms with Gasteiger partial charge in [0.25, 0.3) is 0 Å². The molecule has 0 unspecified atom stereocenters. The van der Waals surface area contributed by atoms with Crippen molar-refractivity contribution in [2.24, 2.45) is 0 Å². The number of allylic oxidation sites excluding steroid dienone is 4. The Balaban J connectivity index is 4.42. The van der Waals surface area contributed by atoms with Gasteiger partial charge in [0.1, 0.15) is 0 Å². The molecule has 0 aromatic carbocycles. The summed E-state index contributed by atoms with van der Waals surface area (Å²) < 4.78 is 0. The quantitative estimate of drug-likeness (QED) is 0.524. The van der Waals surface area contributed by atoms with Crippen molar-refractivity contribution < 1.29 is 9.90 Å². The first-order chi connectivity index (χ1) is 5.07. The number of carboxylic acids is 1. The molecule has 0 aliphatic heterocycles. The molecule has 0 aliphatic rings. The van der Waals surface area contributed by atoms with Crippen LogP contribution in [0.15, 0.2) is 35.4 Å². The number of rotatable bonds is 3. The summed E-state index contributed by atoms with van der Waals surface area (Å²) in [7, 11) is 0. The molecule has 1 N–H and O–H groups in total. The zero-order valence-electron chi connectivity index (χ0n) is 6.17. The van der Waals surface area contributed by atoms with Crippen LogP contribution < -0.4 is 0 Å². The van der Waals surface area contributed by atoms with Crippen molar-refractivity contribution in [3.05, 3.63) is 35.4 Å². The molecular formula is C8H9ClO2. The molecule has 0 radical (unpaired) electrons. The zero-order chi connectivity index (χ0) is 8.85. The molecule has 2 nitrogen and oxygen atoms in total. The summed E-state index contributed by atoms with van der Waals surface area (Å²) in [6.45, 7) is 4.89. The third-order valence-electron chi connectivity index (χ3n) is 0.969. The largest absolute Gasteiger partial charge is 0.478 e. The van der Waals surface area contributed by atoms with Gasteiger partial charge < -0.3 is 5.11 Å². The molecule has 0 fully saturated rings. The summed E-state index contributed by atoms with van der Waals surface area (Å²) in [6.07, 6.45) is 4.38. The number of hydrogen-bond donors (Lipinski definition) is 1. The van der Waals surface area contributed by atoms with Gasteiger partial charge in [0.05, 0.1) is 0 Å². The number of halogens is 1. The maximum Gasteiger partial charge on any atom is 0.331 e. The molecule has 0 aliphatic carbocycles. The molecular weight excluding hydrogens is 164 g/mol. The van der Waals surface area contributed by atoms with Gasteiger partial charge in [-0.3, -0.25) is 0 Å². The van der Waals surface area contributed by atoms with Crippen LogP contribution in [0.25, 0.3) is 0 Å². The van der Waals surface area contributed by atoms with E-state index in [0.717, 1.165) is 0 Å². The van der Waals surface area contributed by atoms with Gasteiger partial charge in [-0.15, -0.1) is 0 Å². The van der Waals surface area contributed by atoms with Crippen LogP contribution in [0.2, 0.25) is 0 Å². The average molecular weight is 173 g/mol. The molecule has 0 atom stereocenters. The van der Waals surface area contributed by atoms with Crippen LogP contribution in [0.3, 0.4) is 0 Å². The minimum absolute atomic E-state index is 0.202. The van der Waals surface area contributed by atoms with E-state index in [4.69, 9.17) is 16.7 Å². The molecule has 0 rings (SSSR count). The predicted octanol–water partition coefficient (Wildman–Crippen LogP) is 2.33. The van der Waals surface area contributed by atoms with Crippen molar-refractivity contribution >= 4 is 17.6 Å². The van der Waals surface area contributed by atoms with Crippen molar-refractivity contribution in [1.29, 1.82) is 0 Å². The van der Waals surface area contributed by atoms with Gasteiger partial charge >= 0.3 is 5.97 Å². The first-order valence-corrected chi connectivity index (χ1v) is 3.35. The number of aliphatic carboxylic acids is 1.